The Hall–Kier alpha value is -1.15. The van der Waals surface area contributed by atoms with Crippen LogP contribution in [0.2, 0.25) is 0 Å². The van der Waals surface area contributed by atoms with Crippen LogP contribution < -0.4 is 0 Å². The molecule has 0 saturated carbocycles. The fourth-order valence-corrected chi connectivity index (χ4v) is 4.19. The zero-order valence-electron chi connectivity index (χ0n) is 12.3. The summed E-state index contributed by atoms with van der Waals surface area (Å²) in [6, 6.07) is 0. The van der Waals surface area contributed by atoms with Gasteiger partial charge in [-0.05, 0) is 18.6 Å². The number of carbonyl (C=O) groups is 1. The maximum atomic E-state index is 12.8. The maximum absolute atomic E-state index is 12.8. The van der Waals surface area contributed by atoms with Crippen LogP contribution in [0.4, 0.5) is 8.78 Å². The topological polar surface area (TPSA) is 41.4 Å². The number of carbonyl (C=O) groups excluding carboxylic acids is 1. The van der Waals surface area contributed by atoms with Gasteiger partial charge in [0.25, 0.3) is 0 Å². The van der Waals surface area contributed by atoms with Crippen molar-refractivity contribution in [3.8, 4) is 0 Å². The van der Waals surface area contributed by atoms with Crippen LogP contribution in [0.15, 0.2) is 12.4 Å². The second kappa shape index (κ2) is 6.95. The van der Waals surface area contributed by atoms with Crippen LogP contribution in [0.3, 0.4) is 0 Å². The zero-order valence-corrected chi connectivity index (χ0v) is 13.1. The van der Waals surface area contributed by atoms with Crippen molar-refractivity contribution in [2.24, 2.45) is 0 Å². The van der Waals surface area contributed by atoms with Gasteiger partial charge in [0, 0.05) is 38.6 Å². The molecule has 122 valence electrons. The number of imidazole rings is 1. The first-order chi connectivity index (χ1) is 10.6. The number of thioether (sulfide) groups is 1. The van der Waals surface area contributed by atoms with E-state index in [-0.39, 0.29) is 11.2 Å². The third-order valence-corrected chi connectivity index (χ3v) is 5.58. The molecule has 2 aliphatic heterocycles. The van der Waals surface area contributed by atoms with Crippen LogP contribution in [0, 0.1) is 0 Å². The maximum Gasteiger partial charge on any atom is 0.319 e. The predicted molar refractivity (Wildman–Crippen MR) is 80.8 cm³/mol. The summed E-state index contributed by atoms with van der Waals surface area (Å²) in [5.74, 6) is 1.70. The standard InChI is InChI=1S/C14H20F2N4OS/c15-14(16)20-4-3-17-12(20)10-18-5-7-19(8-6-18)13(21)11-2-1-9-22-11/h3-4,11,14H,1-2,5-10H2/t11-/m1/s1. The van der Waals surface area contributed by atoms with Crippen LogP contribution >= 0.6 is 11.8 Å². The van der Waals surface area contributed by atoms with Crippen molar-refractivity contribution in [3.63, 3.8) is 0 Å². The highest BCUT2D eigenvalue weighted by atomic mass is 32.2. The van der Waals surface area contributed by atoms with Gasteiger partial charge >= 0.3 is 6.55 Å². The molecule has 1 aromatic rings. The van der Waals surface area contributed by atoms with Crippen molar-refractivity contribution in [2.75, 3.05) is 31.9 Å². The number of nitrogens with zero attached hydrogens (tertiary/aromatic N) is 4. The van der Waals surface area contributed by atoms with Crippen molar-refractivity contribution in [1.82, 2.24) is 19.4 Å². The minimum Gasteiger partial charge on any atom is -0.339 e. The first-order valence-corrected chi connectivity index (χ1v) is 8.62. The molecule has 0 aliphatic carbocycles. The van der Waals surface area contributed by atoms with Crippen LogP contribution in [-0.4, -0.2) is 62.4 Å². The number of amides is 1. The van der Waals surface area contributed by atoms with E-state index in [1.54, 1.807) is 11.8 Å². The van der Waals surface area contributed by atoms with Gasteiger partial charge in [0.15, 0.2) is 0 Å². The molecule has 3 rings (SSSR count). The second-order valence-corrected chi connectivity index (χ2v) is 6.94. The molecule has 0 N–H and O–H groups in total. The van der Waals surface area contributed by atoms with Crippen LogP contribution in [0.5, 0.6) is 0 Å². The molecule has 1 atom stereocenters. The SMILES string of the molecule is O=C([C@H]1CCCS1)N1CCN(Cc2nccn2C(F)F)CC1. The van der Waals surface area contributed by atoms with Gasteiger partial charge in [0.1, 0.15) is 5.82 Å². The lowest BCUT2D eigenvalue weighted by molar-refractivity contribution is -0.132. The third-order valence-electron chi connectivity index (χ3n) is 4.21. The first kappa shape index (κ1) is 15.7. The van der Waals surface area contributed by atoms with Gasteiger partial charge in [-0.25, -0.2) is 4.98 Å². The summed E-state index contributed by atoms with van der Waals surface area (Å²) >= 11 is 1.75. The molecule has 3 heterocycles. The highest BCUT2D eigenvalue weighted by molar-refractivity contribution is 8.00. The minimum atomic E-state index is -2.56. The average molecular weight is 330 g/mol. The highest BCUT2D eigenvalue weighted by Gasteiger charge is 2.30. The largest absolute Gasteiger partial charge is 0.339 e. The lowest BCUT2D eigenvalue weighted by Crippen LogP contribution is -2.50. The van der Waals surface area contributed by atoms with E-state index < -0.39 is 6.55 Å². The van der Waals surface area contributed by atoms with E-state index in [4.69, 9.17) is 0 Å². The van der Waals surface area contributed by atoms with E-state index >= 15 is 0 Å². The van der Waals surface area contributed by atoms with Gasteiger partial charge in [-0.2, -0.15) is 8.78 Å². The minimum absolute atomic E-state index is 0.129. The number of piperazine rings is 1. The Bertz CT molecular complexity index is 511. The van der Waals surface area contributed by atoms with Crippen LogP contribution in [-0.2, 0) is 11.3 Å². The first-order valence-electron chi connectivity index (χ1n) is 7.58. The second-order valence-electron chi connectivity index (χ2n) is 5.63. The Morgan fingerprint density at radius 1 is 1.36 bits per heavy atom. The molecule has 0 radical (unpaired) electrons. The Balaban J connectivity index is 1.51. The van der Waals surface area contributed by atoms with Gasteiger partial charge in [-0.1, -0.05) is 0 Å². The monoisotopic (exact) mass is 330 g/mol. The van der Waals surface area contributed by atoms with Crippen LogP contribution in [0.25, 0.3) is 0 Å². The van der Waals surface area contributed by atoms with Crippen molar-refractivity contribution in [1.29, 1.82) is 0 Å². The number of hydrogen-bond acceptors (Lipinski definition) is 4. The molecule has 1 amide bonds. The molecule has 2 fully saturated rings. The van der Waals surface area contributed by atoms with Crippen molar-refractivity contribution < 1.29 is 13.6 Å². The van der Waals surface area contributed by atoms with E-state index in [9.17, 15) is 13.6 Å². The molecular formula is C14H20F2N4OS. The predicted octanol–water partition coefficient (Wildman–Crippen LogP) is 1.82. The van der Waals surface area contributed by atoms with Crippen molar-refractivity contribution >= 4 is 17.7 Å². The molecule has 8 heteroatoms. The Morgan fingerprint density at radius 2 is 2.14 bits per heavy atom. The van der Waals surface area contributed by atoms with Gasteiger partial charge in [0.2, 0.25) is 5.91 Å². The molecule has 5 nitrogen and oxygen atoms in total. The van der Waals surface area contributed by atoms with E-state index in [1.165, 1.54) is 12.4 Å². The molecule has 0 bridgehead atoms. The number of hydrogen-bond donors (Lipinski definition) is 0. The molecule has 1 aromatic heterocycles. The van der Waals surface area contributed by atoms with Gasteiger partial charge in [0.05, 0.1) is 11.8 Å². The Morgan fingerprint density at radius 3 is 2.77 bits per heavy atom. The number of alkyl halides is 2. The quantitative estimate of drug-likeness (QED) is 0.844. The number of aromatic nitrogens is 2. The zero-order chi connectivity index (χ0) is 15.5. The summed E-state index contributed by atoms with van der Waals surface area (Å²) in [5, 5.41) is 0.129. The molecule has 2 saturated heterocycles. The molecule has 0 spiro atoms. The average Bonchev–Trinajstić information content (AvgIpc) is 3.18. The van der Waals surface area contributed by atoms with Gasteiger partial charge in [-0.15, -0.1) is 11.8 Å². The van der Waals surface area contributed by atoms with Crippen molar-refractivity contribution in [3.05, 3.63) is 18.2 Å². The summed E-state index contributed by atoms with van der Waals surface area (Å²) in [5.41, 5.74) is 0. The van der Waals surface area contributed by atoms with E-state index in [0.717, 1.165) is 23.2 Å². The van der Waals surface area contributed by atoms with Gasteiger partial charge in [-0.3, -0.25) is 14.3 Å². The fraction of sp³-hybridized carbons (Fsp3) is 0.714. The molecular weight excluding hydrogens is 310 g/mol. The van der Waals surface area contributed by atoms with E-state index in [0.29, 0.717) is 38.5 Å². The molecule has 2 aliphatic rings. The summed E-state index contributed by atoms with van der Waals surface area (Å²) < 4.78 is 26.5. The summed E-state index contributed by atoms with van der Waals surface area (Å²) in [4.78, 5) is 20.3. The molecule has 0 unspecified atom stereocenters. The highest BCUT2D eigenvalue weighted by Crippen LogP contribution is 2.28. The van der Waals surface area contributed by atoms with E-state index in [2.05, 4.69) is 9.88 Å². The summed E-state index contributed by atoms with van der Waals surface area (Å²) in [7, 11) is 0. The summed E-state index contributed by atoms with van der Waals surface area (Å²) in [6.07, 6.45) is 4.81. The molecule has 22 heavy (non-hydrogen) atoms. The number of halogens is 2. The third kappa shape index (κ3) is 3.43. The molecule has 0 aromatic carbocycles. The van der Waals surface area contributed by atoms with Crippen molar-refractivity contribution in [2.45, 2.75) is 31.2 Å². The van der Waals surface area contributed by atoms with Crippen LogP contribution in [0.1, 0.15) is 25.2 Å². The Labute approximate surface area is 132 Å². The summed E-state index contributed by atoms with van der Waals surface area (Å²) in [6.45, 7) is 0.604. The van der Waals surface area contributed by atoms with E-state index in [1.807, 2.05) is 4.90 Å². The normalized spacial score (nSPS) is 23.4. The number of rotatable bonds is 4. The fourth-order valence-electron chi connectivity index (χ4n) is 2.95. The Kier molecular flexibility index (Phi) is 4.97. The lowest BCUT2D eigenvalue weighted by Gasteiger charge is -2.35. The lowest BCUT2D eigenvalue weighted by atomic mass is 10.2. The smallest absolute Gasteiger partial charge is 0.319 e. The van der Waals surface area contributed by atoms with Gasteiger partial charge < -0.3 is 4.90 Å².